The van der Waals surface area contributed by atoms with Gasteiger partial charge in [0.05, 0.1) is 6.20 Å². The molecule has 2 heterocycles. The van der Waals surface area contributed by atoms with E-state index in [0.29, 0.717) is 17.8 Å². The molecule has 4 rings (SSSR count). The minimum absolute atomic E-state index is 0. The summed E-state index contributed by atoms with van der Waals surface area (Å²) in [7, 11) is 0. The highest BCUT2D eigenvalue weighted by Crippen LogP contribution is 2.35. The fourth-order valence-corrected chi connectivity index (χ4v) is 2.77. The molecule has 2 N–H and O–H groups in total. The number of rotatable bonds is 4. The number of nitrogens with zero attached hydrogens (tertiary/aromatic N) is 2. The summed E-state index contributed by atoms with van der Waals surface area (Å²) in [5, 5.41) is 13.3. The topological polar surface area (TPSA) is 57.4 Å². The Morgan fingerprint density at radius 3 is 1.27 bits per heavy atom. The summed E-state index contributed by atoms with van der Waals surface area (Å²) in [5.41, 5.74) is 3.88. The largest absolute Gasteiger partial charge is 0.285 e. The van der Waals surface area contributed by atoms with Gasteiger partial charge < -0.3 is 0 Å². The van der Waals surface area contributed by atoms with Gasteiger partial charge in [0.25, 0.3) is 0 Å². The molecule has 4 nitrogen and oxygen atoms in total. The van der Waals surface area contributed by atoms with Gasteiger partial charge in [0.15, 0.2) is 0 Å². The zero-order valence-corrected chi connectivity index (χ0v) is 28.9. The van der Waals surface area contributed by atoms with Crippen molar-refractivity contribution in [2.75, 3.05) is 0 Å². The first-order valence-electron chi connectivity index (χ1n) is 15.7. The highest BCUT2D eigenvalue weighted by molar-refractivity contribution is 5.17. The van der Waals surface area contributed by atoms with E-state index >= 15 is 0 Å². The molecular formula is C36H72N4. The van der Waals surface area contributed by atoms with Gasteiger partial charge in [0.1, 0.15) is 0 Å². The summed E-state index contributed by atoms with van der Waals surface area (Å²) in [5.74, 6) is 3.88. The van der Waals surface area contributed by atoms with E-state index in [1.807, 2.05) is 79.9 Å². The standard InChI is InChI=1S/C9H12.2C6H10N2.C6H12.4C2H6.CH4/c1-8(2)9-6-4-3-5-7-9;1-5(2)6-3-7-8-4-6;1-5(2)6-3-4-7-8-6;1-5(2)6-3-4-6;4*1-2;/h3-8H,1-2H3;2*3-5H,1-2H3,(H,7,8);5-6H,3-4H2,1-2H3;4*1-2H3;1H4. The Labute approximate surface area is 252 Å². The predicted molar refractivity (Wildman–Crippen MR) is 186 cm³/mol. The van der Waals surface area contributed by atoms with Crippen molar-refractivity contribution in [3.63, 3.8) is 0 Å². The van der Waals surface area contributed by atoms with Crippen molar-refractivity contribution in [3.8, 4) is 0 Å². The predicted octanol–water partition coefficient (Wildman–Crippen LogP) is 12.7. The van der Waals surface area contributed by atoms with E-state index in [2.05, 4.69) is 100 Å². The molecule has 2 aromatic heterocycles. The molecule has 0 radical (unpaired) electrons. The second-order valence-corrected chi connectivity index (χ2v) is 9.50. The van der Waals surface area contributed by atoms with Crippen LogP contribution in [0, 0.1) is 11.8 Å². The van der Waals surface area contributed by atoms with Crippen LogP contribution in [0.25, 0.3) is 0 Å². The Balaban J connectivity index is -0.000000125. The Morgan fingerprint density at radius 2 is 1.10 bits per heavy atom. The van der Waals surface area contributed by atoms with Crippen molar-refractivity contribution >= 4 is 0 Å². The summed E-state index contributed by atoms with van der Waals surface area (Å²) in [6, 6.07) is 12.5. The lowest BCUT2D eigenvalue weighted by Gasteiger charge is -2.01. The van der Waals surface area contributed by atoms with Crippen LogP contribution >= 0.6 is 0 Å². The number of hydrogen-bond acceptors (Lipinski definition) is 2. The molecule has 1 aliphatic carbocycles. The van der Waals surface area contributed by atoms with Crippen LogP contribution in [0.5, 0.6) is 0 Å². The maximum atomic E-state index is 3.82. The second kappa shape index (κ2) is 34.7. The molecule has 0 amide bonds. The molecular weight excluding hydrogens is 488 g/mol. The van der Waals surface area contributed by atoms with E-state index in [4.69, 9.17) is 0 Å². The molecule has 4 heteroatoms. The molecule has 1 aliphatic rings. The van der Waals surface area contributed by atoms with Crippen molar-refractivity contribution in [2.45, 2.75) is 149 Å². The highest BCUT2D eigenvalue weighted by Gasteiger charge is 2.23. The van der Waals surface area contributed by atoms with Gasteiger partial charge in [0.2, 0.25) is 0 Å². The maximum absolute atomic E-state index is 3.82. The summed E-state index contributed by atoms with van der Waals surface area (Å²) in [6.07, 6.45) is 8.54. The van der Waals surface area contributed by atoms with E-state index in [1.54, 1.807) is 6.20 Å². The Hall–Kier alpha value is -2.36. The van der Waals surface area contributed by atoms with E-state index < -0.39 is 0 Å². The lowest BCUT2D eigenvalue weighted by Crippen LogP contribution is -1.85. The number of benzene rings is 1. The minimum Gasteiger partial charge on any atom is -0.285 e. The molecule has 0 bridgehead atoms. The molecule has 0 unspecified atom stereocenters. The fraction of sp³-hybridized carbons (Fsp3) is 0.667. The molecule has 1 aromatic carbocycles. The molecule has 1 saturated carbocycles. The van der Waals surface area contributed by atoms with Crippen LogP contribution in [0.1, 0.15) is 166 Å². The first kappa shape index (κ1) is 47.4. The molecule has 0 aliphatic heterocycles. The third kappa shape index (κ3) is 28.6. The van der Waals surface area contributed by atoms with Crippen LogP contribution in [-0.4, -0.2) is 20.4 Å². The number of hydrogen-bond donors (Lipinski definition) is 2. The fourth-order valence-electron chi connectivity index (χ4n) is 2.77. The van der Waals surface area contributed by atoms with Gasteiger partial charge in [-0.1, -0.05) is 149 Å². The van der Waals surface area contributed by atoms with Crippen LogP contribution in [0.4, 0.5) is 0 Å². The molecule has 3 aromatic rings. The number of nitrogens with one attached hydrogen (secondary N) is 2. The Morgan fingerprint density at radius 1 is 0.625 bits per heavy atom. The molecule has 0 spiro atoms. The van der Waals surface area contributed by atoms with Crippen LogP contribution in [-0.2, 0) is 0 Å². The van der Waals surface area contributed by atoms with E-state index in [0.717, 1.165) is 11.8 Å². The molecule has 0 saturated heterocycles. The molecule has 1 fully saturated rings. The average Bonchev–Trinajstić information content (AvgIpc) is 3.42. The van der Waals surface area contributed by atoms with Gasteiger partial charge >= 0.3 is 0 Å². The summed E-state index contributed by atoms with van der Waals surface area (Å²) >= 11 is 0. The van der Waals surface area contributed by atoms with Crippen molar-refractivity contribution in [2.24, 2.45) is 11.8 Å². The molecule has 40 heavy (non-hydrogen) atoms. The van der Waals surface area contributed by atoms with Crippen LogP contribution in [0.15, 0.2) is 55.0 Å². The van der Waals surface area contributed by atoms with E-state index in [-0.39, 0.29) is 7.43 Å². The van der Waals surface area contributed by atoms with Gasteiger partial charge in [0, 0.05) is 18.1 Å². The average molecular weight is 561 g/mol. The second-order valence-electron chi connectivity index (χ2n) is 9.50. The summed E-state index contributed by atoms with van der Waals surface area (Å²) in [4.78, 5) is 0. The van der Waals surface area contributed by atoms with Gasteiger partial charge in [-0.2, -0.15) is 10.2 Å². The van der Waals surface area contributed by atoms with E-state index in [9.17, 15) is 0 Å². The highest BCUT2D eigenvalue weighted by atomic mass is 15.1. The van der Waals surface area contributed by atoms with Crippen molar-refractivity contribution in [3.05, 3.63) is 71.8 Å². The number of H-pyrrole nitrogens is 2. The normalized spacial score (nSPS) is 10.4. The number of aromatic nitrogens is 4. The quantitative estimate of drug-likeness (QED) is 0.333. The minimum atomic E-state index is 0. The lowest BCUT2D eigenvalue weighted by atomic mass is 10.0. The third-order valence-corrected chi connectivity index (χ3v) is 5.36. The monoisotopic (exact) mass is 561 g/mol. The van der Waals surface area contributed by atoms with Crippen LogP contribution < -0.4 is 0 Å². The summed E-state index contributed by atoms with van der Waals surface area (Å²) in [6.45, 7) is 33.6. The number of aromatic amines is 2. The molecule has 236 valence electrons. The van der Waals surface area contributed by atoms with Crippen LogP contribution in [0.2, 0.25) is 0 Å². The van der Waals surface area contributed by atoms with Gasteiger partial charge in [-0.05, 0) is 59.6 Å². The zero-order valence-electron chi connectivity index (χ0n) is 28.9. The maximum Gasteiger partial charge on any atom is 0.0521 e. The SMILES string of the molecule is C.CC.CC.CC.CC.CC(C)C1CC1.CC(C)c1ccccc1.CC(C)c1ccn[nH]1.CC(C)c1cn[nH]c1. The first-order chi connectivity index (χ1) is 18.7. The van der Waals surface area contributed by atoms with Gasteiger partial charge in [-0.25, -0.2) is 0 Å². The Kier molecular flexibility index (Phi) is 41.1. The smallest absolute Gasteiger partial charge is 0.0521 e. The van der Waals surface area contributed by atoms with E-state index in [1.165, 1.54) is 29.7 Å². The van der Waals surface area contributed by atoms with Crippen LogP contribution in [0.3, 0.4) is 0 Å². The Bertz CT molecular complexity index is 716. The van der Waals surface area contributed by atoms with Gasteiger partial charge in [-0.15, -0.1) is 0 Å². The van der Waals surface area contributed by atoms with Crippen molar-refractivity contribution in [1.82, 2.24) is 20.4 Å². The molecule has 0 atom stereocenters. The summed E-state index contributed by atoms with van der Waals surface area (Å²) < 4.78 is 0. The van der Waals surface area contributed by atoms with Gasteiger partial charge in [-0.3, -0.25) is 10.2 Å². The lowest BCUT2D eigenvalue weighted by molar-refractivity contribution is 0.563. The van der Waals surface area contributed by atoms with Crippen molar-refractivity contribution < 1.29 is 0 Å². The first-order valence-corrected chi connectivity index (χ1v) is 15.7. The third-order valence-electron chi connectivity index (χ3n) is 5.36. The van der Waals surface area contributed by atoms with Crippen molar-refractivity contribution in [1.29, 1.82) is 0 Å². The zero-order chi connectivity index (χ0) is 31.2.